The molecule has 1 aliphatic carbocycles. The van der Waals surface area contributed by atoms with Crippen molar-refractivity contribution in [3.63, 3.8) is 0 Å². The number of hydrogen-bond acceptors (Lipinski definition) is 4. The molecule has 0 radical (unpaired) electrons. The number of ketones is 1. The SMILES string of the molecule is CNCCC(O)C(O)c1ccc2c(c1)C(=O)CCC2. The van der Waals surface area contributed by atoms with Crippen molar-refractivity contribution in [3.05, 3.63) is 34.9 Å². The summed E-state index contributed by atoms with van der Waals surface area (Å²) >= 11 is 0. The van der Waals surface area contributed by atoms with Gasteiger partial charge in [-0.3, -0.25) is 4.79 Å². The molecule has 0 saturated heterocycles. The first-order valence-corrected chi connectivity index (χ1v) is 6.80. The van der Waals surface area contributed by atoms with Crippen molar-refractivity contribution in [1.82, 2.24) is 5.32 Å². The van der Waals surface area contributed by atoms with Crippen molar-refractivity contribution in [2.45, 2.75) is 37.9 Å². The molecule has 1 aromatic rings. The molecule has 0 fully saturated rings. The van der Waals surface area contributed by atoms with Gasteiger partial charge >= 0.3 is 0 Å². The van der Waals surface area contributed by atoms with E-state index in [2.05, 4.69) is 5.32 Å². The number of Topliss-reactive ketones (excluding diaryl/α,β-unsaturated/α-hetero) is 1. The number of carbonyl (C=O) groups excluding carboxylic acids is 1. The summed E-state index contributed by atoms with van der Waals surface area (Å²) in [7, 11) is 1.80. The summed E-state index contributed by atoms with van der Waals surface area (Å²) in [5.41, 5.74) is 2.39. The van der Waals surface area contributed by atoms with Crippen LogP contribution in [0.1, 0.15) is 46.9 Å². The van der Waals surface area contributed by atoms with Crippen molar-refractivity contribution in [3.8, 4) is 0 Å². The normalized spacial score (nSPS) is 17.9. The van der Waals surface area contributed by atoms with Gasteiger partial charge in [-0.1, -0.05) is 12.1 Å². The van der Waals surface area contributed by atoms with E-state index in [1.54, 1.807) is 13.1 Å². The summed E-state index contributed by atoms with van der Waals surface area (Å²) in [5.74, 6) is 0.139. The van der Waals surface area contributed by atoms with Gasteiger partial charge in [-0.2, -0.15) is 0 Å². The minimum Gasteiger partial charge on any atom is -0.390 e. The van der Waals surface area contributed by atoms with Gasteiger partial charge in [-0.25, -0.2) is 0 Å². The molecule has 3 N–H and O–H groups in total. The predicted octanol–water partition coefficient (Wildman–Crippen LogP) is 1.21. The largest absolute Gasteiger partial charge is 0.390 e. The number of fused-ring (bicyclic) bond motifs is 1. The van der Waals surface area contributed by atoms with E-state index in [9.17, 15) is 15.0 Å². The Balaban J connectivity index is 2.16. The highest BCUT2D eigenvalue weighted by Crippen LogP contribution is 2.26. The minimum atomic E-state index is -0.937. The van der Waals surface area contributed by atoms with E-state index < -0.39 is 12.2 Å². The zero-order valence-electron chi connectivity index (χ0n) is 11.2. The standard InChI is InChI=1S/C15H21NO3/c1-16-8-7-14(18)15(19)11-6-5-10-3-2-4-13(17)12(10)9-11/h5-6,9,14-16,18-19H,2-4,7-8H2,1H3. The van der Waals surface area contributed by atoms with Crippen LogP contribution in [0.25, 0.3) is 0 Å². The molecule has 0 spiro atoms. The number of nitrogens with one attached hydrogen (secondary N) is 1. The van der Waals surface area contributed by atoms with Gasteiger partial charge in [0, 0.05) is 12.0 Å². The van der Waals surface area contributed by atoms with Gasteiger partial charge in [0.2, 0.25) is 0 Å². The second kappa shape index (κ2) is 6.28. The Kier molecular flexibility index (Phi) is 4.69. The summed E-state index contributed by atoms with van der Waals surface area (Å²) in [4.78, 5) is 11.8. The number of aliphatic hydroxyl groups is 2. The summed E-state index contributed by atoms with van der Waals surface area (Å²) in [6.45, 7) is 0.641. The Morgan fingerprint density at radius 3 is 2.84 bits per heavy atom. The van der Waals surface area contributed by atoms with Crippen LogP contribution in [-0.4, -0.2) is 35.7 Å². The molecule has 2 rings (SSSR count). The fourth-order valence-corrected chi connectivity index (χ4v) is 2.50. The fraction of sp³-hybridized carbons (Fsp3) is 0.533. The summed E-state index contributed by atoms with van der Waals surface area (Å²) in [5, 5.41) is 22.9. The third-order valence-corrected chi connectivity index (χ3v) is 3.68. The molecule has 104 valence electrons. The highest BCUT2D eigenvalue weighted by atomic mass is 16.3. The van der Waals surface area contributed by atoms with Gasteiger partial charge in [0.05, 0.1) is 6.10 Å². The lowest BCUT2D eigenvalue weighted by Crippen LogP contribution is -2.23. The second-order valence-corrected chi connectivity index (χ2v) is 5.10. The average molecular weight is 263 g/mol. The van der Waals surface area contributed by atoms with Gasteiger partial charge in [0.15, 0.2) is 5.78 Å². The Bertz CT molecular complexity index is 459. The quantitative estimate of drug-likeness (QED) is 0.747. The van der Waals surface area contributed by atoms with Crippen molar-refractivity contribution < 1.29 is 15.0 Å². The first-order valence-electron chi connectivity index (χ1n) is 6.80. The molecule has 19 heavy (non-hydrogen) atoms. The van der Waals surface area contributed by atoms with Crippen LogP contribution < -0.4 is 5.32 Å². The lowest BCUT2D eigenvalue weighted by molar-refractivity contribution is 0.0140. The van der Waals surface area contributed by atoms with Gasteiger partial charge in [-0.15, -0.1) is 0 Å². The van der Waals surface area contributed by atoms with Crippen LogP contribution in [0.4, 0.5) is 0 Å². The number of aliphatic hydroxyl groups excluding tert-OH is 2. The van der Waals surface area contributed by atoms with E-state index in [-0.39, 0.29) is 5.78 Å². The molecule has 0 aromatic heterocycles. The Morgan fingerprint density at radius 1 is 1.32 bits per heavy atom. The smallest absolute Gasteiger partial charge is 0.163 e. The topological polar surface area (TPSA) is 69.6 Å². The van der Waals surface area contributed by atoms with E-state index in [1.807, 2.05) is 12.1 Å². The molecule has 0 bridgehead atoms. The number of carbonyl (C=O) groups is 1. The maximum absolute atomic E-state index is 11.8. The van der Waals surface area contributed by atoms with Crippen molar-refractivity contribution in [2.24, 2.45) is 0 Å². The molecule has 1 aliphatic rings. The molecule has 0 saturated carbocycles. The lowest BCUT2D eigenvalue weighted by Gasteiger charge is -2.21. The van der Waals surface area contributed by atoms with Crippen LogP contribution in [0, 0.1) is 0 Å². The van der Waals surface area contributed by atoms with Crippen LogP contribution in [0.5, 0.6) is 0 Å². The Hall–Kier alpha value is -1.23. The average Bonchev–Trinajstić information content (AvgIpc) is 2.44. The fourth-order valence-electron chi connectivity index (χ4n) is 2.50. The van der Waals surface area contributed by atoms with Gasteiger partial charge in [0.25, 0.3) is 0 Å². The number of aryl methyl sites for hydroxylation is 1. The van der Waals surface area contributed by atoms with E-state index >= 15 is 0 Å². The predicted molar refractivity (Wildman–Crippen MR) is 73.2 cm³/mol. The number of benzene rings is 1. The number of rotatable bonds is 5. The van der Waals surface area contributed by atoms with Crippen molar-refractivity contribution >= 4 is 5.78 Å². The second-order valence-electron chi connectivity index (χ2n) is 5.10. The minimum absolute atomic E-state index is 0.139. The molecule has 0 amide bonds. The molecule has 4 heteroatoms. The summed E-state index contributed by atoms with van der Waals surface area (Å²) < 4.78 is 0. The van der Waals surface area contributed by atoms with Gasteiger partial charge in [-0.05, 0) is 50.0 Å². The van der Waals surface area contributed by atoms with Crippen molar-refractivity contribution in [2.75, 3.05) is 13.6 Å². The highest BCUT2D eigenvalue weighted by Gasteiger charge is 2.22. The molecule has 2 unspecified atom stereocenters. The molecule has 0 aliphatic heterocycles. The third-order valence-electron chi connectivity index (χ3n) is 3.68. The zero-order valence-corrected chi connectivity index (χ0v) is 11.2. The van der Waals surface area contributed by atoms with E-state index in [4.69, 9.17) is 0 Å². The van der Waals surface area contributed by atoms with Gasteiger partial charge < -0.3 is 15.5 Å². The summed E-state index contributed by atoms with van der Waals surface area (Å²) in [6, 6.07) is 5.45. The van der Waals surface area contributed by atoms with Crippen LogP contribution >= 0.6 is 0 Å². The first kappa shape index (κ1) is 14.2. The molecule has 4 nitrogen and oxygen atoms in total. The lowest BCUT2D eigenvalue weighted by atomic mass is 9.88. The van der Waals surface area contributed by atoms with Crippen LogP contribution in [0.15, 0.2) is 18.2 Å². The van der Waals surface area contributed by atoms with Crippen LogP contribution in [0.3, 0.4) is 0 Å². The number of hydrogen-bond donors (Lipinski definition) is 3. The third kappa shape index (κ3) is 3.21. The molecule has 0 heterocycles. The first-order chi connectivity index (χ1) is 9.13. The highest BCUT2D eigenvalue weighted by molar-refractivity contribution is 5.98. The molecule has 1 aromatic carbocycles. The Labute approximate surface area is 113 Å². The maximum Gasteiger partial charge on any atom is 0.163 e. The molecular formula is C15H21NO3. The van der Waals surface area contributed by atoms with Gasteiger partial charge in [0.1, 0.15) is 6.10 Å². The Morgan fingerprint density at radius 2 is 2.11 bits per heavy atom. The maximum atomic E-state index is 11.8. The molecule has 2 atom stereocenters. The van der Waals surface area contributed by atoms with Crippen LogP contribution in [-0.2, 0) is 6.42 Å². The summed E-state index contributed by atoms with van der Waals surface area (Å²) in [6.07, 6.45) is 1.12. The van der Waals surface area contributed by atoms with E-state index in [0.717, 1.165) is 18.4 Å². The van der Waals surface area contributed by atoms with Crippen molar-refractivity contribution in [1.29, 1.82) is 0 Å². The zero-order chi connectivity index (χ0) is 13.8. The van der Waals surface area contributed by atoms with E-state index in [1.165, 1.54) is 0 Å². The van der Waals surface area contributed by atoms with E-state index in [0.29, 0.717) is 30.5 Å². The molecular weight excluding hydrogens is 242 g/mol. The van der Waals surface area contributed by atoms with Crippen LogP contribution in [0.2, 0.25) is 0 Å². The monoisotopic (exact) mass is 263 g/mol.